The van der Waals surface area contributed by atoms with Crippen molar-refractivity contribution >= 4 is 17.5 Å². The van der Waals surface area contributed by atoms with Crippen molar-refractivity contribution in [2.24, 2.45) is 0 Å². The topological polar surface area (TPSA) is 41.1 Å². The maximum Gasteiger partial charge on any atom is 0.230 e. The van der Waals surface area contributed by atoms with E-state index in [2.05, 4.69) is 29.7 Å². The molecule has 2 N–H and O–H groups in total. The normalized spacial score (nSPS) is 16.2. The van der Waals surface area contributed by atoms with Crippen LogP contribution in [0.25, 0.3) is 0 Å². The van der Waals surface area contributed by atoms with Crippen molar-refractivity contribution in [2.75, 3.05) is 6.54 Å². The molecule has 132 valence electrons. The third-order valence-corrected chi connectivity index (χ3v) is 5.14. The molecule has 1 amide bonds. The second-order valence-electron chi connectivity index (χ2n) is 6.91. The molecule has 1 fully saturated rings. The highest BCUT2D eigenvalue weighted by Crippen LogP contribution is 2.48. The predicted octanol–water partition coefficient (Wildman–Crippen LogP) is 4.06. The minimum atomic E-state index is -0.337. The first kappa shape index (κ1) is 18.0. The zero-order chi connectivity index (χ0) is 17.7. The molecule has 1 unspecified atom stereocenters. The predicted molar refractivity (Wildman–Crippen MR) is 103 cm³/mol. The fourth-order valence-electron chi connectivity index (χ4n) is 3.12. The molecule has 0 bridgehead atoms. The quantitative estimate of drug-likeness (QED) is 0.700. The summed E-state index contributed by atoms with van der Waals surface area (Å²) in [6.45, 7) is 3.81. The number of carbonyl (C=O) groups excluding carboxylic acids is 1. The Balaban J connectivity index is 1.44. The Hall–Kier alpha value is -1.84. The average molecular weight is 357 g/mol. The molecule has 1 saturated carbocycles. The lowest BCUT2D eigenvalue weighted by atomic mass is 9.94. The van der Waals surface area contributed by atoms with E-state index in [9.17, 15) is 4.79 Å². The molecular formula is C21H25ClN2O. The summed E-state index contributed by atoms with van der Waals surface area (Å²) >= 11 is 5.95. The van der Waals surface area contributed by atoms with Crippen molar-refractivity contribution in [3.8, 4) is 0 Å². The van der Waals surface area contributed by atoms with Crippen molar-refractivity contribution in [3.63, 3.8) is 0 Å². The fourth-order valence-corrected chi connectivity index (χ4v) is 3.25. The monoisotopic (exact) mass is 356 g/mol. The Morgan fingerprint density at radius 1 is 1.12 bits per heavy atom. The molecule has 2 aromatic carbocycles. The summed E-state index contributed by atoms with van der Waals surface area (Å²) in [6.07, 6.45) is 2.74. The summed E-state index contributed by atoms with van der Waals surface area (Å²) in [5.74, 6) is 0.144. The summed E-state index contributed by atoms with van der Waals surface area (Å²) in [5.41, 5.74) is 2.01. The second-order valence-corrected chi connectivity index (χ2v) is 7.35. The van der Waals surface area contributed by atoms with Gasteiger partial charge >= 0.3 is 0 Å². The van der Waals surface area contributed by atoms with E-state index in [-0.39, 0.29) is 17.4 Å². The molecule has 0 saturated heterocycles. The van der Waals surface area contributed by atoms with E-state index in [1.54, 1.807) is 0 Å². The largest absolute Gasteiger partial charge is 0.353 e. The van der Waals surface area contributed by atoms with Crippen LogP contribution >= 0.6 is 11.6 Å². The molecule has 4 heteroatoms. The molecule has 0 aromatic heterocycles. The summed E-state index contributed by atoms with van der Waals surface area (Å²) in [7, 11) is 0. The van der Waals surface area contributed by atoms with Gasteiger partial charge in [0.05, 0.1) is 5.41 Å². The lowest BCUT2D eigenvalue weighted by Gasteiger charge is -2.20. The van der Waals surface area contributed by atoms with Crippen LogP contribution in [0.1, 0.15) is 37.3 Å². The molecule has 0 heterocycles. The van der Waals surface area contributed by atoms with Gasteiger partial charge in [-0.1, -0.05) is 54.1 Å². The van der Waals surface area contributed by atoms with Gasteiger partial charge in [-0.25, -0.2) is 0 Å². The highest BCUT2D eigenvalue weighted by Gasteiger charge is 2.51. The van der Waals surface area contributed by atoms with Gasteiger partial charge in [0.2, 0.25) is 5.91 Å². The Morgan fingerprint density at radius 2 is 1.80 bits per heavy atom. The van der Waals surface area contributed by atoms with E-state index in [4.69, 9.17) is 11.6 Å². The van der Waals surface area contributed by atoms with Crippen LogP contribution in [0.3, 0.4) is 0 Å². The number of hydrogen-bond donors (Lipinski definition) is 2. The number of benzene rings is 2. The van der Waals surface area contributed by atoms with Crippen LogP contribution in [-0.4, -0.2) is 18.5 Å². The second kappa shape index (κ2) is 8.03. The standard InChI is InChI=1S/C21H25ClN2O/c1-16(11-14-23-15-17-5-3-2-4-6-17)24-20(25)21(12-13-21)18-7-9-19(22)10-8-18/h2-10,16,23H,11-15H2,1H3,(H,24,25). The summed E-state index contributed by atoms with van der Waals surface area (Å²) in [5, 5.41) is 7.32. The van der Waals surface area contributed by atoms with Crippen molar-refractivity contribution in [3.05, 3.63) is 70.7 Å². The van der Waals surface area contributed by atoms with Gasteiger partial charge in [-0.3, -0.25) is 4.79 Å². The number of amides is 1. The molecule has 2 aromatic rings. The summed E-state index contributed by atoms with van der Waals surface area (Å²) in [4.78, 5) is 12.7. The number of carbonyl (C=O) groups is 1. The molecule has 1 aliphatic carbocycles. The van der Waals surface area contributed by atoms with Gasteiger partial charge in [0.25, 0.3) is 0 Å². The minimum absolute atomic E-state index is 0.144. The third-order valence-electron chi connectivity index (χ3n) is 4.89. The SMILES string of the molecule is CC(CCNCc1ccccc1)NC(=O)C1(c2ccc(Cl)cc2)CC1. The smallest absolute Gasteiger partial charge is 0.230 e. The first-order chi connectivity index (χ1) is 12.1. The Morgan fingerprint density at radius 3 is 2.44 bits per heavy atom. The lowest BCUT2D eigenvalue weighted by Crippen LogP contribution is -2.41. The van der Waals surface area contributed by atoms with Gasteiger partial charge in [-0.2, -0.15) is 0 Å². The Bertz CT molecular complexity index is 696. The van der Waals surface area contributed by atoms with Gasteiger partial charge in [-0.15, -0.1) is 0 Å². The molecule has 0 spiro atoms. The highest BCUT2D eigenvalue weighted by atomic mass is 35.5. The number of nitrogens with one attached hydrogen (secondary N) is 2. The van der Waals surface area contributed by atoms with Crippen molar-refractivity contribution in [1.29, 1.82) is 0 Å². The van der Waals surface area contributed by atoms with Crippen LogP contribution in [0.2, 0.25) is 5.02 Å². The lowest BCUT2D eigenvalue weighted by molar-refractivity contribution is -0.124. The van der Waals surface area contributed by atoms with E-state index in [1.807, 2.05) is 42.5 Å². The summed E-state index contributed by atoms with van der Waals surface area (Å²) < 4.78 is 0. The van der Waals surface area contributed by atoms with Crippen LogP contribution in [0, 0.1) is 0 Å². The van der Waals surface area contributed by atoms with E-state index in [0.29, 0.717) is 5.02 Å². The molecular weight excluding hydrogens is 332 g/mol. The fraction of sp³-hybridized carbons (Fsp3) is 0.381. The molecule has 3 rings (SSSR count). The van der Waals surface area contributed by atoms with E-state index in [0.717, 1.165) is 37.9 Å². The van der Waals surface area contributed by atoms with Crippen LogP contribution in [0.4, 0.5) is 0 Å². The molecule has 1 atom stereocenters. The van der Waals surface area contributed by atoms with Gasteiger partial charge in [0, 0.05) is 17.6 Å². The number of rotatable bonds is 8. The number of halogens is 1. The molecule has 25 heavy (non-hydrogen) atoms. The van der Waals surface area contributed by atoms with Crippen molar-refractivity contribution in [2.45, 2.75) is 44.2 Å². The maximum absolute atomic E-state index is 12.7. The number of hydrogen-bond acceptors (Lipinski definition) is 2. The van der Waals surface area contributed by atoms with Crippen LogP contribution in [0.5, 0.6) is 0 Å². The molecule has 0 radical (unpaired) electrons. The van der Waals surface area contributed by atoms with Gasteiger partial charge in [0.1, 0.15) is 0 Å². The van der Waals surface area contributed by atoms with Crippen LogP contribution in [-0.2, 0) is 16.8 Å². The average Bonchev–Trinajstić information content (AvgIpc) is 3.42. The maximum atomic E-state index is 12.7. The first-order valence-electron chi connectivity index (χ1n) is 8.92. The minimum Gasteiger partial charge on any atom is -0.353 e. The van der Waals surface area contributed by atoms with Crippen LogP contribution in [0.15, 0.2) is 54.6 Å². The van der Waals surface area contributed by atoms with Crippen LogP contribution < -0.4 is 10.6 Å². The third kappa shape index (κ3) is 4.62. The molecule has 0 aliphatic heterocycles. The van der Waals surface area contributed by atoms with E-state index >= 15 is 0 Å². The van der Waals surface area contributed by atoms with Gasteiger partial charge in [-0.05, 0) is 56.0 Å². The van der Waals surface area contributed by atoms with Crippen molar-refractivity contribution < 1.29 is 4.79 Å². The zero-order valence-electron chi connectivity index (χ0n) is 14.6. The van der Waals surface area contributed by atoms with Gasteiger partial charge < -0.3 is 10.6 Å². The molecule has 1 aliphatic rings. The Kier molecular flexibility index (Phi) is 5.77. The Labute approximate surface area is 154 Å². The molecule has 3 nitrogen and oxygen atoms in total. The van der Waals surface area contributed by atoms with E-state index in [1.165, 1.54) is 5.56 Å². The van der Waals surface area contributed by atoms with Crippen molar-refractivity contribution in [1.82, 2.24) is 10.6 Å². The van der Waals surface area contributed by atoms with Gasteiger partial charge in [0.15, 0.2) is 0 Å². The first-order valence-corrected chi connectivity index (χ1v) is 9.30. The summed E-state index contributed by atoms with van der Waals surface area (Å²) in [6, 6.07) is 18.2. The zero-order valence-corrected chi connectivity index (χ0v) is 15.4. The highest BCUT2D eigenvalue weighted by molar-refractivity contribution is 6.30. The van der Waals surface area contributed by atoms with E-state index < -0.39 is 0 Å².